The second-order valence-electron chi connectivity index (χ2n) is 6.22. The highest BCUT2D eigenvalue weighted by Crippen LogP contribution is 2.28. The lowest BCUT2D eigenvalue weighted by Crippen LogP contribution is -2.49. The van der Waals surface area contributed by atoms with Crippen LogP contribution in [0.15, 0.2) is 6.20 Å². The Morgan fingerprint density at radius 2 is 2.18 bits per heavy atom. The van der Waals surface area contributed by atoms with Gasteiger partial charge in [-0.3, -0.25) is 9.59 Å². The number of piperidine rings is 1. The third kappa shape index (κ3) is 3.45. The lowest BCUT2D eigenvalue weighted by atomic mass is 9.95. The molecule has 7 nitrogen and oxygen atoms in total. The molecule has 1 atom stereocenters. The SMILES string of the molecule is O=C(NCCc1cn[nH]n1)C1CCC(=O)N(C2CCCC2)C1. The van der Waals surface area contributed by atoms with Gasteiger partial charge in [0.25, 0.3) is 0 Å². The van der Waals surface area contributed by atoms with E-state index in [1.54, 1.807) is 6.20 Å². The number of amides is 2. The van der Waals surface area contributed by atoms with Gasteiger partial charge in [0.15, 0.2) is 0 Å². The zero-order chi connectivity index (χ0) is 15.4. The normalized spacial score (nSPS) is 23.0. The van der Waals surface area contributed by atoms with E-state index < -0.39 is 0 Å². The second kappa shape index (κ2) is 6.89. The van der Waals surface area contributed by atoms with Crippen molar-refractivity contribution in [3.8, 4) is 0 Å². The van der Waals surface area contributed by atoms with Crippen LogP contribution < -0.4 is 5.32 Å². The Bertz CT molecular complexity index is 510. The van der Waals surface area contributed by atoms with Gasteiger partial charge in [0.05, 0.1) is 17.8 Å². The van der Waals surface area contributed by atoms with Gasteiger partial charge in [0.1, 0.15) is 0 Å². The van der Waals surface area contributed by atoms with E-state index in [2.05, 4.69) is 20.7 Å². The number of nitrogens with one attached hydrogen (secondary N) is 2. The van der Waals surface area contributed by atoms with Gasteiger partial charge in [0, 0.05) is 32.0 Å². The molecule has 1 unspecified atom stereocenters. The van der Waals surface area contributed by atoms with Crippen LogP contribution in [0.3, 0.4) is 0 Å². The fraction of sp³-hybridized carbons (Fsp3) is 0.733. The fourth-order valence-corrected chi connectivity index (χ4v) is 3.46. The van der Waals surface area contributed by atoms with Gasteiger partial charge in [-0.2, -0.15) is 15.4 Å². The van der Waals surface area contributed by atoms with E-state index in [4.69, 9.17) is 0 Å². The van der Waals surface area contributed by atoms with Crippen LogP contribution >= 0.6 is 0 Å². The molecule has 1 saturated heterocycles. The average molecular weight is 305 g/mol. The molecule has 1 aromatic heterocycles. The molecule has 1 saturated carbocycles. The molecule has 0 bridgehead atoms. The molecule has 3 rings (SSSR count). The molecule has 0 aromatic carbocycles. The van der Waals surface area contributed by atoms with Crippen LogP contribution in [0.1, 0.15) is 44.2 Å². The summed E-state index contributed by atoms with van der Waals surface area (Å²) in [6.07, 6.45) is 8.06. The second-order valence-corrected chi connectivity index (χ2v) is 6.22. The van der Waals surface area contributed by atoms with E-state index in [0.717, 1.165) is 18.5 Å². The first kappa shape index (κ1) is 15.0. The monoisotopic (exact) mass is 305 g/mol. The Morgan fingerprint density at radius 3 is 2.91 bits per heavy atom. The van der Waals surface area contributed by atoms with E-state index in [1.165, 1.54) is 12.8 Å². The summed E-state index contributed by atoms with van der Waals surface area (Å²) in [7, 11) is 0. The van der Waals surface area contributed by atoms with Gasteiger partial charge in [-0.05, 0) is 19.3 Å². The molecule has 1 aromatic rings. The number of likely N-dealkylation sites (tertiary alicyclic amines) is 1. The van der Waals surface area contributed by atoms with Crippen LogP contribution in [0.25, 0.3) is 0 Å². The zero-order valence-corrected chi connectivity index (χ0v) is 12.8. The Kier molecular flexibility index (Phi) is 4.70. The molecule has 2 fully saturated rings. The fourth-order valence-electron chi connectivity index (χ4n) is 3.46. The summed E-state index contributed by atoms with van der Waals surface area (Å²) in [6, 6.07) is 0.359. The summed E-state index contributed by atoms with van der Waals surface area (Å²) < 4.78 is 0. The summed E-state index contributed by atoms with van der Waals surface area (Å²) in [5.74, 6) is 0.202. The highest BCUT2D eigenvalue weighted by molar-refractivity contribution is 5.84. The number of nitrogens with zero attached hydrogens (tertiary/aromatic N) is 3. The number of carbonyl (C=O) groups is 2. The molecule has 120 valence electrons. The number of aromatic amines is 1. The van der Waals surface area contributed by atoms with E-state index in [-0.39, 0.29) is 17.7 Å². The van der Waals surface area contributed by atoms with Crippen molar-refractivity contribution >= 4 is 11.8 Å². The van der Waals surface area contributed by atoms with Crippen molar-refractivity contribution in [3.05, 3.63) is 11.9 Å². The van der Waals surface area contributed by atoms with E-state index in [1.807, 2.05) is 4.90 Å². The molecule has 0 radical (unpaired) electrons. The van der Waals surface area contributed by atoms with Crippen LogP contribution in [-0.2, 0) is 16.0 Å². The van der Waals surface area contributed by atoms with Crippen LogP contribution in [0, 0.1) is 5.92 Å². The van der Waals surface area contributed by atoms with Crippen LogP contribution in [0.4, 0.5) is 0 Å². The standard InChI is InChI=1S/C15H23N5O2/c21-14-6-5-11(10-20(14)13-3-1-2-4-13)15(22)16-8-7-12-9-17-19-18-12/h9,11,13H,1-8,10H2,(H,16,22)(H,17,18,19). The number of hydrogen-bond acceptors (Lipinski definition) is 4. The maximum absolute atomic E-state index is 12.3. The number of aromatic nitrogens is 3. The molecule has 2 N–H and O–H groups in total. The minimum absolute atomic E-state index is 0.0546. The third-order valence-corrected chi connectivity index (χ3v) is 4.73. The number of carbonyl (C=O) groups excluding carboxylic acids is 2. The van der Waals surface area contributed by atoms with Gasteiger partial charge >= 0.3 is 0 Å². The van der Waals surface area contributed by atoms with Crippen molar-refractivity contribution in [2.75, 3.05) is 13.1 Å². The minimum Gasteiger partial charge on any atom is -0.355 e. The van der Waals surface area contributed by atoms with Crippen LogP contribution in [0.5, 0.6) is 0 Å². The Morgan fingerprint density at radius 1 is 1.36 bits per heavy atom. The maximum Gasteiger partial charge on any atom is 0.224 e. The summed E-state index contributed by atoms with van der Waals surface area (Å²) in [6.45, 7) is 1.14. The molecule has 2 heterocycles. The molecule has 22 heavy (non-hydrogen) atoms. The van der Waals surface area contributed by atoms with E-state index >= 15 is 0 Å². The average Bonchev–Trinajstić information content (AvgIpc) is 3.21. The predicted octanol–water partition coefficient (Wildman–Crippen LogP) is 0.645. The quantitative estimate of drug-likeness (QED) is 0.835. The highest BCUT2D eigenvalue weighted by atomic mass is 16.2. The summed E-state index contributed by atoms with van der Waals surface area (Å²) >= 11 is 0. The van der Waals surface area contributed by atoms with Gasteiger partial charge in [-0.1, -0.05) is 12.8 Å². The Hall–Kier alpha value is -1.92. The van der Waals surface area contributed by atoms with Crippen molar-refractivity contribution in [2.45, 2.75) is 51.0 Å². The molecular formula is C15H23N5O2. The first-order chi connectivity index (χ1) is 10.7. The molecule has 0 spiro atoms. The Balaban J connectivity index is 1.48. The molecule has 1 aliphatic heterocycles. The molecular weight excluding hydrogens is 282 g/mol. The van der Waals surface area contributed by atoms with Crippen molar-refractivity contribution in [1.82, 2.24) is 25.6 Å². The first-order valence-corrected chi connectivity index (χ1v) is 8.16. The smallest absolute Gasteiger partial charge is 0.224 e. The molecule has 1 aliphatic carbocycles. The molecule has 7 heteroatoms. The van der Waals surface area contributed by atoms with E-state index in [9.17, 15) is 9.59 Å². The summed E-state index contributed by atoms with van der Waals surface area (Å²) in [4.78, 5) is 26.4. The number of H-pyrrole nitrogens is 1. The first-order valence-electron chi connectivity index (χ1n) is 8.16. The molecule has 2 aliphatic rings. The van der Waals surface area contributed by atoms with Crippen molar-refractivity contribution in [1.29, 1.82) is 0 Å². The van der Waals surface area contributed by atoms with Crippen molar-refractivity contribution in [2.24, 2.45) is 5.92 Å². The Labute approximate surface area is 129 Å². The maximum atomic E-state index is 12.3. The van der Waals surface area contributed by atoms with Crippen molar-refractivity contribution < 1.29 is 9.59 Å². The molecule has 2 amide bonds. The summed E-state index contributed by atoms with van der Waals surface area (Å²) in [5, 5.41) is 13.2. The number of hydrogen-bond donors (Lipinski definition) is 2. The van der Waals surface area contributed by atoms with Crippen molar-refractivity contribution in [3.63, 3.8) is 0 Å². The lowest BCUT2D eigenvalue weighted by molar-refractivity contribution is -0.140. The van der Waals surface area contributed by atoms with Crippen LogP contribution in [0.2, 0.25) is 0 Å². The predicted molar refractivity (Wildman–Crippen MR) is 79.8 cm³/mol. The highest BCUT2D eigenvalue weighted by Gasteiger charge is 2.34. The largest absolute Gasteiger partial charge is 0.355 e. The van der Waals surface area contributed by atoms with Gasteiger partial charge in [-0.15, -0.1) is 0 Å². The summed E-state index contributed by atoms with van der Waals surface area (Å²) in [5.41, 5.74) is 0.840. The topological polar surface area (TPSA) is 91.0 Å². The number of rotatable bonds is 5. The van der Waals surface area contributed by atoms with Crippen LogP contribution in [-0.4, -0.2) is 51.3 Å². The third-order valence-electron chi connectivity index (χ3n) is 4.73. The van der Waals surface area contributed by atoms with Gasteiger partial charge in [0.2, 0.25) is 11.8 Å². The minimum atomic E-state index is -0.0735. The van der Waals surface area contributed by atoms with Gasteiger partial charge < -0.3 is 10.2 Å². The lowest BCUT2D eigenvalue weighted by Gasteiger charge is -2.36. The van der Waals surface area contributed by atoms with E-state index in [0.29, 0.717) is 38.4 Å². The van der Waals surface area contributed by atoms with Gasteiger partial charge in [-0.25, -0.2) is 0 Å². The zero-order valence-electron chi connectivity index (χ0n) is 12.8.